The minimum atomic E-state index is -0.722. The Kier molecular flexibility index (Phi) is 7.10. The third kappa shape index (κ3) is 4.31. The Hall–Kier alpha value is -1.93. The maximum atomic E-state index is 12.8. The topological polar surface area (TPSA) is 112 Å². The second-order valence-electron chi connectivity index (χ2n) is 11.4. The Bertz CT molecular complexity index is 892. The predicted molar refractivity (Wildman–Crippen MR) is 126 cm³/mol. The molecule has 0 amide bonds. The second kappa shape index (κ2) is 9.51. The molecule has 1 spiro atoms. The molecule has 0 bridgehead atoms. The van der Waals surface area contributed by atoms with E-state index in [-0.39, 0.29) is 48.3 Å². The summed E-state index contributed by atoms with van der Waals surface area (Å²) in [6.07, 6.45) is 4.76. The highest BCUT2D eigenvalue weighted by Gasteiger charge is 2.74. The van der Waals surface area contributed by atoms with Crippen molar-refractivity contribution in [1.82, 2.24) is 0 Å². The van der Waals surface area contributed by atoms with Crippen molar-refractivity contribution in [3.8, 4) is 0 Å². The van der Waals surface area contributed by atoms with E-state index in [4.69, 9.17) is 18.9 Å². The molecule has 196 valence electrons. The van der Waals surface area contributed by atoms with Crippen LogP contribution in [0.1, 0.15) is 73.1 Å². The number of epoxide rings is 1. The molecule has 4 aliphatic rings. The van der Waals surface area contributed by atoms with E-state index >= 15 is 0 Å². The number of cyclic esters (lactones) is 1. The van der Waals surface area contributed by atoms with E-state index in [2.05, 4.69) is 13.8 Å². The van der Waals surface area contributed by atoms with Crippen LogP contribution < -0.4 is 0 Å². The van der Waals surface area contributed by atoms with Crippen LogP contribution >= 0.6 is 0 Å². The van der Waals surface area contributed by atoms with Gasteiger partial charge in [0.15, 0.2) is 0 Å². The normalized spacial score (nSPS) is 39.8. The average Bonchev–Trinajstić information content (AvgIpc) is 3.45. The number of carbonyl (C=O) groups excluding carboxylic acids is 3. The maximum Gasteiger partial charge on any atom is 0.331 e. The molecular formula is C27H40O8. The van der Waals surface area contributed by atoms with E-state index < -0.39 is 29.2 Å². The summed E-state index contributed by atoms with van der Waals surface area (Å²) >= 11 is 0. The lowest BCUT2D eigenvalue weighted by atomic mass is 9.43. The lowest BCUT2D eigenvalue weighted by molar-refractivity contribution is -0.228. The summed E-state index contributed by atoms with van der Waals surface area (Å²) in [5.74, 6) is -1.24. The van der Waals surface area contributed by atoms with Crippen molar-refractivity contribution in [2.75, 3.05) is 19.8 Å². The van der Waals surface area contributed by atoms with Crippen LogP contribution in [0.5, 0.6) is 0 Å². The smallest absolute Gasteiger partial charge is 0.331 e. The summed E-state index contributed by atoms with van der Waals surface area (Å²) in [5.41, 5.74) is -0.920. The largest absolute Gasteiger partial charge is 0.462 e. The zero-order valence-corrected chi connectivity index (χ0v) is 21.6. The van der Waals surface area contributed by atoms with Crippen molar-refractivity contribution in [3.63, 3.8) is 0 Å². The van der Waals surface area contributed by atoms with Gasteiger partial charge in [0.2, 0.25) is 0 Å². The fourth-order valence-corrected chi connectivity index (χ4v) is 7.18. The number of hydrogen-bond acceptors (Lipinski definition) is 8. The number of aliphatic hydroxyl groups excluding tert-OH is 1. The summed E-state index contributed by atoms with van der Waals surface area (Å²) in [5, 5.41) is 11.0. The highest BCUT2D eigenvalue weighted by molar-refractivity contribution is 5.85. The fraction of sp³-hybridized carbons (Fsp3) is 0.815. The van der Waals surface area contributed by atoms with Gasteiger partial charge in [-0.2, -0.15) is 0 Å². The molecule has 0 aromatic rings. The highest BCUT2D eigenvalue weighted by atomic mass is 16.6. The van der Waals surface area contributed by atoms with Crippen LogP contribution in [0.25, 0.3) is 0 Å². The molecule has 2 heterocycles. The number of ether oxygens (including phenoxy) is 4. The number of aliphatic hydroxyl groups is 1. The first-order valence-corrected chi connectivity index (χ1v) is 13.0. The quantitative estimate of drug-likeness (QED) is 0.312. The van der Waals surface area contributed by atoms with Crippen molar-refractivity contribution in [3.05, 3.63) is 11.6 Å². The SMILES string of the molecule is CCC(C)C(=O)OC(CC1(C)C(C)CC(OC(C)=O)C2(CO)C1CCCC21CO1)C1=CC(=O)OC1. The Morgan fingerprint density at radius 1 is 1.34 bits per heavy atom. The maximum absolute atomic E-state index is 12.8. The summed E-state index contributed by atoms with van der Waals surface area (Å²) in [6, 6.07) is 0. The molecule has 8 heteroatoms. The summed E-state index contributed by atoms with van der Waals surface area (Å²) in [7, 11) is 0. The lowest BCUT2D eigenvalue weighted by Gasteiger charge is -2.63. The van der Waals surface area contributed by atoms with Crippen molar-refractivity contribution >= 4 is 17.9 Å². The summed E-state index contributed by atoms with van der Waals surface area (Å²) in [6.45, 7) is 10.0. The van der Waals surface area contributed by atoms with Gasteiger partial charge in [-0.3, -0.25) is 9.59 Å². The minimum absolute atomic E-state index is 0.0206. The number of carbonyl (C=O) groups is 3. The summed E-state index contributed by atoms with van der Waals surface area (Å²) < 4.78 is 23.2. The molecule has 2 aliphatic carbocycles. The molecule has 3 fully saturated rings. The van der Waals surface area contributed by atoms with Gasteiger partial charge in [-0.1, -0.05) is 34.1 Å². The molecule has 0 aromatic heterocycles. The van der Waals surface area contributed by atoms with Crippen molar-refractivity contribution in [1.29, 1.82) is 0 Å². The second-order valence-corrected chi connectivity index (χ2v) is 11.4. The first kappa shape index (κ1) is 26.1. The van der Waals surface area contributed by atoms with E-state index in [0.717, 1.165) is 19.3 Å². The molecule has 8 atom stereocenters. The van der Waals surface area contributed by atoms with Gasteiger partial charge >= 0.3 is 17.9 Å². The molecule has 4 rings (SSSR count). The van der Waals surface area contributed by atoms with Gasteiger partial charge in [0.25, 0.3) is 0 Å². The van der Waals surface area contributed by atoms with Crippen molar-refractivity contribution < 1.29 is 38.4 Å². The molecule has 0 aromatic carbocycles. The first-order valence-electron chi connectivity index (χ1n) is 13.0. The predicted octanol–water partition coefficient (Wildman–Crippen LogP) is 3.34. The monoisotopic (exact) mass is 492 g/mol. The number of hydrogen-bond donors (Lipinski definition) is 1. The van der Waals surface area contributed by atoms with Gasteiger partial charge in [-0.25, -0.2) is 4.79 Å². The van der Waals surface area contributed by atoms with Gasteiger partial charge in [0.05, 0.1) is 24.5 Å². The molecule has 8 unspecified atom stereocenters. The fourth-order valence-electron chi connectivity index (χ4n) is 7.18. The molecule has 35 heavy (non-hydrogen) atoms. The molecular weight excluding hydrogens is 452 g/mol. The van der Waals surface area contributed by atoms with Gasteiger partial charge in [-0.15, -0.1) is 0 Å². The van der Waals surface area contributed by atoms with Crippen LogP contribution in [-0.4, -0.2) is 60.6 Å². The van der Waals surface area contributed by atoms with Gasteiger partial charge in [0, 0.05) is 18.6 Å². The first-order chi connectivity index (χ1) is 16.5. The highest BCUT2D eigenvalue weighted by Crippen LogP contribution is 2.69. The van der Waals surface area contributed by atoms with E-state index in [1.54, 1.807) is 0 Å². The van der Waals surface area contributed by atoms with Crippen molar-refractivity contribution in [2.24, 2.45) is 28.6 Å². The molecule has 8 nitrogen and oxygen atoms in total. The molecule has 1 saturated heterocycles. The van der Waals surface area contributed by atoms with E-state index in [9.17, 15) is 19.5 Å². The van der Waals surface area contributed by atoms with Crippen LogP contribution in [0.15, 0.2) is 11.6 Å². The van der Waals surface area contributed by atoms with Crippen LogP contribution in [0.4, 0.5) is 0 Å². The third-order valence-corrected chi connectivity index (χ3v) is 9.67. The van der Waals surface area contributed by atoms with E-state index in [1.165, 1.54) is 13.0 Å². The zero-order valence-electron chi connectivity index (χ0n) is 21.6. The van der Waals surface area contributed by atoms with Crippen LogP contribution in [-0.2, 0) is 33.3 Å². The van der Waals surface area contributed by atoms with Gasteiger partial charge in [-0.05, 0) is 49.4 Å². The number of fused-ring (bicyclic) bond motifs is 2. The molecule has 0 radical (unpaired) electrons. The van der Waals surface area contributed by atoms with Crippen LogP contribution in [0.3, 0.4) is 0 Å². The Labute approximate surface area is 207 Å². The number of esters is 3. The van der Waals surface area contributed by atoms with Gasteiger partial charge in [0.1, 0.15) is 24.4 Å². The Balaban J connectivity index is 1.72. The van der Waals surface area contributed by atoms with E-state index in [0.29, 0.717) is 31.4 Å². The lowest BCUT2D eigenvalue weighted by Crippen LogP contribution is -2.67. The standard InChI is InChI=1S/C27H40O8/c1-6-16(2)24(31)35-20(19-11-23(30)32-13-19)12-25(5)17(3)10-22(34-18(4)29)27(14-28)21(25)8-7-9-26(27)15-33-26/h11,16-17,20-22,28H,6-10,12-15H2,1-5H3. The third-order valence-electron chi connectivity index (χ3n) is 9.67. The minimum Gasteiger partial charge on any atom is -0.462 e. The summed E-state index contributed by atoms with van der Waals surface area (Å²) in [4.78, 5) is 36.8. The Morgan fingerprint density at radius 3 is 2.60 bits per heavy atom. The van der Waals surface area contributed by atoms with Crippen molar-refractivity contribution in [2.45, 2.75) is 91.0 Å². The number of rotatable bonds is 8. The molecule has 1 N–H and O–H groups in total. The van der Waals surface area contributed by atoms with Gasteiger partial charge < -0.3 is 24.1 Å². The Morgan fingerprint density at radius 2 is 2.06 bits per heavy atom. The average molecular weight is 493 g/mol. The van der Waals surface area contributed by atoms with E-state index in [1.807, 2.05) is 13.8 Å². The van der Waals surface area contributed by atoms with Crippen LogP contribution in [0.2, 0.25) is 0 Å². The van der Waals surface area contributed by atoms with Crippen LogP contribution in [0, 0.1) is 28.6 Å². The molecule has 2 saturated carbocycles. The zero-order chi connectivity index (χ0) is 25.6. The molecule has 2 aliphatic heterocycles.